The van der Waals surface area contributed by atoms with Crippen molar-refractivity contribution in [3.05, 3.63) is 229 Å². The van der Waals surface area contributed by atoms with E-state index in [1.807, 2.05) is 12.2 Å². The van der Waals surface area contributed by atoms with E-state index in [1.165, 1.54) is 66.1 Å². The Balaban J connectivity index is 1.10. The van der Waals surface area contributed by atoms with Crippen LogP contribution in [-0.2, 0) is 10.8 Å². The smallest absolute Gasteiger partial charge is 0.0540 e. The van der Waals surface area contributed by atoms with Crippen LogP contribution < -0.4 is 9.80 Å². The summed E-state index contributed by atoms with van der Waals surface area (Å²) >= 11 is 0. The Morgan fingerprint density at radius 3 is 1.08 bits per heavy atom. The van der Waals surface area contributed by atoms with Crippen LogP contribution in [0.2, 0.25) is 0 Å². The normalized spacial score (nSPS) is 13.9. The highest BCUT2D eigenvalue weighted by Crippen LogP contribution is 2.53. The van der Waals surface area contributed by atoms with Crippen molar-refractivity contribution in [3.8, 4) is 22.3 Å². The molecule has 0 radical (unpaired) electrons. The van der Waals surface area contributed by atoms with Crippen LogP contribution in [0.3, 0.4) is 0 Å². The highest BCUT2D eigenvalue weighted by Gasteiger charge is 2.37. The van der Waals surface area contributed by atoms with Crippen LogP contribution in [0.15, 0.2) is 195 Å². The Kier molecular flexibility index (Phi) is 8.53. The van der Waals surface area contributed by atoms with E-state index in [-0.39, 0.29) is 10.8 Å². The second-order valence-corrected chi connectivity index (χ2v) is 17.8. The third-order valence-corrected chi connectivity index (χ3v) is 13.8. The summed E-state index contributed by atoms with van der Waals surface area (Å²) in [7, 11) is 0. The van der Waals surface area contributed by atoms with Gasteiger partial charge in [-0.3, -0.25) is 0 Å². The molecular formula is C60H48N2. The zero-order valence-corrected chi connectivity index (χ0v) is 35.8. The molecule has 9 aromatic rings. The van der Waals surface area contributed by atoms with Gasteiger partial charge in [0.2, 0.25) is 0 Å². The number of anilines is 6. The molecule has 0 aliphatic heterocycles. The van der Waals surface area contributed by atoms with Crippen LogP contribution in [0.5, 0.6) is 0 Å². The molecule has 0 amide bonds. The summed E-state index contributed by atoms with van der Waals surface area (Å²) in [5, 5.41) is 4.71. The van der Waals surface area contributed by atoms with Crippen LogP contribution in [0, 0.1) is 0 Å². The molecular weight excluding hydrogens is 749 g/mol. The topological polar surface area (TPSA) is 6.48 Å². The first kappa shape index (κ1) is 37.6. The van der Waals surface area contributed by atoms with Crippen molar-refractivity contribution >= 4 is 67.8 Å². The molecule has 2 aliphatic rings. The molecule has 2 aliphatic carbocycles. The van der Waals surface area contributed by atoms with Gasteiger partial charge in [-0.15, -0.1) is 0 Å². The predicted molar refractivity (Wildman–Crippen MR) is 266 cm³/mol. The van der Waals surface area contributed by atoms with Crippen LogP contribution in [0.4, 0.5) is 34.1 Å². The van der Waals surface area contributed by atoms with E-state index in [0.29, 0.717) is 0 Å². The summed E-state index contributed by atoms with van der Waals surface area (Å²) in [4.78, 5) is 4.87. The predicted octanol–water partition coefficient (Wildman–Crippen LogP) is 16.8. The lowest BCUT2D eigenvalue weighted by Gasteiger charge is -2.31. The van der Waals surface area contributed by atoms with Crippen LogP contribution in [-0.4, -0.2) is 0 Å². The lowest BCUT2D eigenvalue weighted by atomic mass is 9.82. The number of nitrogens with zero attached hydrogens (tertiary/aromatic N) is 2. The maximum absolute atomic E-state index is 4.17. The molecule has 2 nitrogen and oxygen atoms in total. The standard InChI is InChI=1S/C60H48N2/c1-7-39-25-35-57(51-21-11-9-17-45(39)51)61(43-31-33-49-47-19-13-15-23-53(47)59(3,4)55(49)37-43)41-27-29-42(30-28-41)62(58-36-26-40(8-2)46-18-10-12-22-52(46)58)44-32-34-50-48-20-14-16-24-54(48)60(5,6)56(50)38-44/h7-38H,1-2H2,3-6H3. The Bertz CT molecular complexity index is 3070. The quantitative estimate of drug-likeness (QED) is 0.151. The van der Waals surface area contributed by atoms with Crippen molar-refractivity contribution in [3.63, 3.8) is 0 Å². The minimum Gasteiger partial charge on any atom is -0.310 e. The zero-order valence-electron chi connectivity index (χ0n) is 35.8. The molecule has 11 rings (SSSR count). The molecule has 0 spiro atoms. The third-order valence-electron chi connectivity index (χ3n) is 13.8. The van der Waals surface area contributed by atoms with E-state index in [2.05, 4.69) is 233 Å². The van der Waals surface area contributed by atoms with Gasteiger partial charge in [0.15, 0.2) is 0 Å². The summed E-state index contributed by atoms with van der Waals surface area (Å²) in [6.07, 6.45) is 3.91. The van der Waals surface area contributed by atoms with Crippen molar-refractivity contribution in [1.29, 1.82) is 0 Å². The van der Waals surface area contributed by atoms with Gasteiger partial charge in [0.1, 0.15) is 0 Å². The molecule has 62 heavy (non-hydrogen) atoms. The summed E-state index contributed by atoms with van der Waals surface area (Å²) < 4.78 is 0. The molecule has 0 atom stereocenters. The minimum atomic E-state index is -0.136. The SMILES string of the molecule is C=Cc1ccc(N(c2ccc(N(c3ccc4c(c3)C(C)(C)c3ccccc3-4)c3ccc(C=C)c4ccccc34)cc2)c2ccc3c(c2)C(C)(C)c2ccccc2-3)c2ccccc12. The van der Waals surface area contributed by atoms with Crippen molar-refractivity contribution in [1.82, 2.24) is 0 Å². The van der Waals surface area contributed by atoms with Crippen LogP contribution >= 0.6 is 0 Å². The van der Waals surface area contributed by atoms with Gasteiger partial charge in [0.25, 0.3) is 0 Å². The van der Waals surface area contributed by atoms with E-state index in [0.717, 1.165) is 45.3 Å². The van der Waals surface area contributed by atoms with E-state index in [1.54, 1.807) is 0 Å². The Morgan fingerprint density at radius 2 is 0.677 bits per heavy atom. The molecule has 0 fully saturated rings. The summed E-state index contributed by atoms with van der Waals surface area (Å²) in [6.45, 7) is 17.8. The summed E-state index contributed by atoms with van der Waals surface area (Å²) in [5.41, 5.74) is 19.3. The molecule has 298 valence electrons. The number of hydrogen-bond acceptors (Lipinski definition) is 2. The molecule has 0 saturated carbocycles. The zero-order chi connectivity index (χ0) is 42.3. The highest BCUT2D eigenvalue weighted by molar-refractivity contribution is 6.05. The molecule has 0 heterocycles. The van der Waals surface area contributed by atoms with Gasteiger partial charge in [0.05, 0.1) is 11.4 Å². The third kappa shape index (κ3) is 5.56. The van der Waals surface area contributed by atoms with Crippen molar-refractivity contribution < 1.29 is 0 Å². The molecule has 0 aromatic heterocycles. The number of hydrogen-bond donors (Lipinski definition) is 0. The van der Waals surface area contributed by atoms with Crippen LogP contribution in [0.25, 0.3) is 56.0 Å². The first-order valence-electron chi connectivity index (χ1n) is 21.7. The average Bonchev–Trinajstić information content (AvgIpc) is 3.68. The highest BCUT2D eigenvalue weighted by atomic mass is 15.2. The monoisotopic (exact) mass is 796 g/mol. The molecule has 0 unspecified atom stereocenters. The first-order valence-corrected chi connectivity index (χ1v) is 21.7. The molecule has 0 saturated heterocycles. The largest absolute Gasteiger partial charge is 0.310 e. The van der Waals surface area contributed by atoms with E-state index < -0.39 is 0 Å². The fourth-order valence-corrected chi connectivity index (χ4v) is 10.6. The number of benzene rings is 9. The van der Waals surface area contributed by atoms with Crippen molar-refractivity contribution in [2.45, 2.75) is 38.5 Å². The maximum Gasteiger partial charge on any atom is 0.0540 e. The lowest BCUT2D eigenvalue weighted by molar-refractivity contribution is 0.660. The Morgan fingerprint density at radius 1 is 0.339 bits per heavy atom. The van der Waals surface area contributed by atoms with Crippen molar-refractivity contribution in [2.75, 3.05) is 9.80 Å². The fraction of sp³-hybridized carbons (Fsp3) is 0.100. The van der Waals surface area contributed by atoms with Gasteiger partial charge in [0, 0.05) is 44.4 Å². The number of rotatable bonds is 8. The van der Waals surface area contributed by atoms with Gasteiger partial charge >= 0.3 is 0 Å². The average molecular weight is 797 g/mol. The van der Waals surface area contributed by atoms with Gasteiger partial charge in [-0.25, -0.2) is 0 Å². The summed E-state index contributed by atoms with van der Waals surface area (Å²) in [6, 6.07) is 67.3. The first-order chi connectivity index (χ1) is 30.2. The summed E-state index contributed by atoms with van der Waals surface area (Å²) in [5.74, 6) is 0. The number of fused-ring (bicyclic) bond motifs is 8. The van der Waals surface area contributed by atoms with Crippen LogP contribution in [0.1, 0.15) is 61.1 Å². The molecule has 0 bridgehead atoms. The molecule has 0 N–H and O–H groups in total. The van der Waals surface area contributed by atoms with E-state index >= 15 is 0 Å². The van der Waals surface area contributed by atoms with Gasteiger partial charge < -0.3 is 9.80 Å². The lowest BCUT2D eigenvalue weighted by Crippen LogP contribution is -2.17. The van der Waals surface area contributed by atoms with Gasteiger partial charge in [-0.1, -0.05) is 174 Å². The second kappa shape index (κ2) is 14.1. The Labute approximate surface area is 365 Å². The van der Waals surface area contributed by atoms with Gasteiger partial charge in [-0.05, 0) is 127 Å². The molecule has 2 heteroatoms. The fourth-order valence-electron chi connectivity index (χ4n) is 10.6. The minimum absolute atomic E-state index is 0.136. The van der Waals surface area contributed by atoms with Gasteiger partial charge in [-0.2, -0.15) is 0 Å². The Hall–Kier alpha value is -7.42. The van der Waals surface area contributed by atoms with E-state index in [9.17, 15) is 0 Å². The van der Waals surface area contributed by atoms with E-state index in [4.69, 9.17) is 0 Å². The van der Waals surface area contributed by atoms with Crippen molar-refractivity contribution in [2.24, 2.45) is 0 Å². The maximum atomic E-state index is 4.17. The molecule has 9 aromatic carbocycles. The second-order valence-electron chi connectivity index (χ2n) is 17.8.